The van der Waals surface area contributed by atoms with Crippen molar-refractivity contribution < 1.29 is 43.2 Å². The lowest BCUT2D eigenvalue weighted by atomic mass is 9.70. The maximum absolute atomic E-state index is 15.0. The molecule has 12 nitrogen and oxygen atoms in total. The van der Waals surface area contributed by atoms with Crippen molar-refractivity contribution >= 4 is 45.3 Å². The van der Waals surface area contributed by atoms with E-state index in [-0.39, 0.29) is 37.8 Å². The first kappa shape index (κ1) is 40.2. The minimum absolute atomic E-state index is 0.0338. The van der Waals surface area contributed by atoms with Crippen LogP contribution in [0.1, 0.15) is 44.8 Å². The molecule has 13 heteroatoms. The lowest BCUT2D eigenvalue weighted by molar-refractivity contribution is -0.163. The predicted molar refractivity (Wildman–Crippen MR) is 202 cm³/mol. The number of carbonyl (C=O) groups excluding carboxylic acids is 4. The van der Waals surface area contributed by atoms with E-state index >= 15 is 0 Å². The number of allylic oxidation sites excluding steroid dienone is 1. The van der Waals surface area contributed by atoms with Gasteiger partial charge in [0.2, 0.25) is 11.8 Å². The van der Waals surface area contributed by atoms with Gasteiger partial charge in [-0.3, -0.25) is 19.2 Å². The number of carbonyl (C=O) groups is 4. The van der Waals surface area contributed by atoms with E-state index in [0.717, 1.165) is 0 Å². The van der Waals surface area contributed by atoms with Gasteiger partial charge in [-0.25, -0.2) is 0 Å². The summed E-state index contributed by atoms with van der Waals surface area (Å²) in [5.41, 5.74) is -0.247. The largest absolute Gasteiger partial charge is 0.497 e. The van der Waals surface area contributed by atoms with Crippen molar-refractivity contribution in [3.05, 3.63) is 85.5 Å². The highest BCUT2D eigenvalue weighted by Crippen LogP contribution is 2.61. The number of esters is 1. The summed E-state index contributed by atoms with van der Waals surface area (Å²) in [6.45, 7) is 11.1. The number of nitrogens with one attached hydrogen (secondary N) is 1. The lowest BCUT2D eigenvalue weighted by Gasteiger charge is -2.40. The van der Waals surface area contributed by atoms with Crippen LogP contribution in [0, 0.1) is 17.8 Å². The van der Waals surface area contributed by atoms with Gasteiger partial charge < -0.3 is 39.2 Å². The molecule has 0 aromatic heterocycles. The van der Waals surface area contributed by atoms with Crippen molar-refractivity contribution in [1.29, 1.82) is 0 Å². The number of aliphatic hydroxyl groups is 1. The Labute approximate surface area is 319 Å². The summed E-state index contributed by atoms with van der Waals surface area (Å²) in [7, 11) is 3.04. The average molecular weight is 797 g/mol. The molecule has 0 radical (unpaired) electrons. The maximum atomic E-state index is 15.0. The minimum Gasteiger partial charge on any atom is -0.497 e. The molecule has 1 spiro atoms. The van der Waals surface area contributed by atoms with Crippen molar-refractivity contribution in [2.24, 2.45) is 17.8 Å². The Bertz CT molecular complexity index is 1640. The van der Waals surface area contributed by atoms with Gasteiger partial charge in [0.25, 0.3) is 5.91 Å². The third kappa shape index (κ3) is 7.80. The fourth-order valence-electron chi connectivity index (χ4n) is 8.08. The number of anilines is 1. The monoisotopic (exact) mass is 795 g/mol. The zero-order valence-corrected chi connectivity index (χ0v) is 32.3. The Morgan fingerprint density at radius 2 is 1.81 bits per heavy atom. The van der Waals surface area contributed by atoms with Crippen LogP contribution in [0.5, 0.6) is 5.75 Å². The number of halogens is 1. The summed E-state index contributed by atoms with van der Waals surface area (Å²) in [5, 5.41) is 13.6. The van der Waals surface area contributed by atoms with Crippen LogP contribution < -0.4 is 15.0 Å². The van der Waals surface area contributed by atoms with Crippen LogP contribution in [-0.2, 0) is 33.4 Å². The fraction of sp³-hybridized carbons (Fsp3) is 0.500. The number of hydrogen-bond acceptors (Lipinski definition) is 9. The topological polar surface area (TPSA) is 144 Å². The van der Waals surface area contributed by atoms with Crippen LogP contribution in [-0.4, -0.2) is 102 Å². The van der Waals surface area contributed by atoms with Gasteiger partial charge in [-0.05, 0) is 48.6 Å². The number of likely N-dealkylation sites (tertiary alicyclic amines) is 1. The number of nitrogens with zero attached hydrogens (tertiary/aromatic N) is 2. The summed E-state index contributed by atoms with van der Waals surface area (Å²) >= 11 is 3.73. The number of fused-ring (bicyclic) bond motifs is 1. The first-order chi connectivity index (χ1) is 25.5. The molecule has 3 amide bonds. The summed E-state index contributed by atoms with van der Waals surface area (Å²) in [6, 6.07) is 13.3. The second-order valence-electron chi connectivity index (χ2n) is 14.1. The Balaban J connectivity index is 1.56. The minimum atomic E-state index is -1.42. The van der Waals surface area contributed by atoms with Crippen molar-refractivity contribution in [3.63, 3.8) is 0 Å². The Kier molecular flexibility index (Phi) is 13.2. The van der Waals surface area contributed by atoms with Crippen LogP contribution in [0.25, 0.3) is 0 Å². The van der Waals surface area contributed by atoms with Crippen LogP contribution in [0.15, 0.2) is 79.9 Å². The normalized spacial score (nSPS) is 26.1. The highest BCUT2D eigenvalue weighted by Gasteiger charge is 2.78. The molecular formula is C40H50BrN3O9. The zero-order valence-electron chi connectivity index (χ0n) is 30.7. The van der Waals surface area contributed by atoms with Gasteiger partial charge >= 0.3 is 5.97 Å². The number of hydrogen-bond donors (Lipinski definition) is 2. The van der Waals surface area contributed by atoms with Crippen molar-refractivity contribution in [2.45, 2.75) is 73.9 Å². The summed E-state index contributed by atoms with van der Waals surface area (Å²) in [5.74, 6) is -3.68. The molecule has 3 saturated heterocycles. The Hall–Kier alpha value is -4.04. The SMILES string of the molecule is C=CCCC(=O)N[C@@H](COC)[C@@H](OC(=O)[C@@H]1[C@H]2O[C@@]3(CC2Br)[C@H](C(=O)N(CC=C)c2ccc(OC)cc2)N([C@@H](CO)C(C)C)C(=O)[C@@H]13)c1ccccc1. The predicted octanol–water partition coefficient (Wildman–Crippen LogP) is 4.36. The van der Waals surface area contributed by atoms with Gasteiger partial charge in [0.1, 0.15) is 23.5 Å². The molecule has 2 N–H and O–H groups in total. The van der Waals surface area contributed by atoms with Gasteiger partial charge in [0.05, 0.1) is 50.3 Å². The van der Waals surface area contributed by atoms with Crippen molar-refractivity contribution in [2.75, 3.05) is 38.9 Å². The molecule has 2 aromatic rings. The standard InChI is InChI=1S/C40H50BrN3O9/c1-7-9-15-31(46)42-29(23-50-5)34(25-13-11-10-12-14-25)52-39(49)32-33-37(47)44(30(22-45)24(3)4)36(40(33)21-28(41)35(32)53-40)38(48)43(20-8-2)26-16-18-27(51-6)19-17-26/h7-8,10-14,16-19,24,28-30,32-36,45H,1-2,9,15,20-23H2,3-6H3,(H,42,46)/t28?,29-,30-,32-,33+,34-,35-,36-,40+/m0/s1. The van der Waals surface area contributed by atoms with Gasteiger partial charge in [0, 0.05) is 30.6 Å². The number of aliphatic hydroxyl groups excluding tert-OH is 1. The number of rotatable bonds is 18. The number of ether oxygens (including phenoxy) is 4. The zero-order chi connectivity index (χ0) is 38.4. The molecule has 2 aromatic carbocycles. The molecule has 0 saturated carbocycles. The molecule has 3 fully saturated rings. The molecule has 286 valence electrons. The summed E-state index contributed by atoms with van der Waals surface area (Å²) in [6.07, 6.45) is 2.38. The van der Waals surface area contributed by atoms with E-state index in [4.69, 9.17) is 18.9 Å². The summed E-state index contributed by atoms with van der Waals surface area (Å²) in [4.78, 5) is 60.0. The van der Waals surface area contributed by atoms with E-state index in [2.05, 4.69) is 34.4 Å². The number of alkyl halides is 1. The van der Waals surface area contributed by atoms with Crippen LogP contribution >= 0.6 is 15.9 Å². The van der Waals surface area contributed by atoms with Gasteiger partial charge in [-0.2, -0.15) is 0 Å². The smallest absolute Gasteiger partial charge is 0.313 e. The number of methoxy groups -OCH3 is 2. The van der Waals surface area contributed by atoms with E-state index in [1.54, 1.807) is 67.8 Å². The molecular weight excluding hydrogens is 746 g/mol. The molecule has 9 atom stereocenters. The first-order valence-electron chi connectivity index (χ1n) is 17.9. The quantitative estimate of drug-likeness (QED) is 0.128. The summed E-state index contributed by atoms with van der Waals surface area (Å²) < 4.78 is 23.9. The van der Waals surface area contributed by atoms with Gasteiger partial charge in [0.15, 0.2) is 0 Å². The van der Waals surface area contributed by atoms with Gasteiger partial charge in [-0.1, -0.05) is 72.3 Å². The van der Waals surface area contributed by atoms with E-state index in [0.29, 0.717) is 23.4 Å². The van der Waals surface area contributed by atoms with E-state index in [1.807, 2.05) is 19.9 Å². The molecule has 3 heterocycles. The van der Waals surface area contributed by atoms with Crippen molar-refractivity contribution in [1.82, 2.24) is 10.2 Å². The molecule has 0 aliphatic carbocycles. The van der Waals surface area contributed by atoms with Crippen LogP contribution in [0.2, 0.25) is 0 Å². The third-order valence-corrected chi connectivity index (χ3v) is 11.4. The molecule has 53 heavy (non-hydrogen) atoms. The van der Waals surface area contributed by atoms with E-state index in [1.165, 1.54) is 16.9 Å². The van der Waals surface area contributed by atoms with Gasteiger partial charge in [-0.15, -0.1) is 13.2 Å². The Morgan fingerprint density at radius 3 is 2.40 bits per heavy atom. The molecule has 3 aliphatic heterocycles. The van der Waals surface area contributed by atoms with E-state index < -0.39 is 77.0 Å². The molecule has 5 rings (SSSR count). The van der Waals surface area contributed by atoms with Crippen LogP contribution in [0.3, 0.4) is 0 Å². The maximum Gasteiger partial charge on any atom is 0.313 e. The van der Waals surface area contributed by atoms with E-state index in [9.17, 15) is 24.3 Å². The molecule has 2 bridgehead atoms. The lowest BCUT2D eigenvalue weighted by Crippen LogP contribution is -2.60. The highest BCUT2D eigenvalue weighted by atomic mass is 79.9. The average Bonchev–Trinajstić information content (AvgIpc) is 3.75. The third-order valence-electron chi connectivity index (χ3n) is 10.5. The highest BCUT2D eigenvalue weighted by molar-refractivity contribution is 9.09. The fourth-order valence-corrected chi connectivity index (χ4v) is 9.02. The van der Waals surface area contributed by atoms with Crippen molar-refractivity contribution in [3.8, 4) is 5.75 Å². The van der Waals surface area contributed by atoms with Crippen LogP contribution in [0.4, 0.5) is 5.69 Å². The Morgan fingerprint density at radius 1 is 1.11 bits per heavy atom. The number of amides is 3. The second kappa shape index (κ2) is 17.4. The second-order valence-corrected chi connectivity index (χ2v) is 15.2. The first-order valence-corrected chi connectivity index (χ1v) is 18.8. The molecule has 3 aliphatic rings. The molecule has 1 unspecified atom stereocenters. The number of benzene rings is 2.